The monoisotopic (exact) mass is 242 g/mol. The molecule has 0 spiro atoms. The van der Waals surface area contributed by atoms with Gasteiger partial charge in [-0.15, -0.1) is 0 Å². The van der Waals surface area contributed by atoms with Gasteiger partial charge in [0, 0.05) is 19.0 Å². The maximum atomic E-state index is 12.0. The van der Waals surface area contributed by atoms with Crippen molar-refractivity contribution in [3.63, 3.8) is 0 Å². The smallest absolute Gasteiger partial charge is 0.225 e. The SMILES string of the molecule is CC1CCCN(CC(C#N)c2ccccc2)C1=O. The minimum atomic E-state index is -0.222. The molecule has 1 heterocycles. The molecule has 0 aromatic heterocycles. The van der Waals surface area contributed by atoms with Crippen molar-refractivity contribution in [1.82, 2.24) is 4.90 Å². The maximum Gasteiger partial charge on any atom is 0.225 e. The molecule has 0 aliphatic carbocycles. The van der Waals surface area contributed by atoms with Crippen LogP contribution in [-0.2, 0) is 4.79 Å². The van der Waals surface area contributed by atoms with Gasteiger partial charge in [0.05, 0.1) is 12.0 Å². The third-order valence-corrected chi connectivity index (χ3v) is 3.56. The van der Waals surface area contributed by atoms with Crippen molar-refractivity contribution in [3.8, 4) is 6.07 Å². The molecule has 2 atom stereocenters. The van der Waals surface area contributed by atoms with Gasteiger partial charge in [-0.2, -0.15) is 5.26 Å². The van der Waals surface area contributed by atoms with Gasteiger partial charge < -0.3 is 4.90 Å². The van der Waals surface area contributed by atoms with Gasteiger partial charge in [0.2, 0.25) is 5.91 Å². The van der Waals surface area contributed by atoms with Gasteiger partial charge in [-0.3, -0.25) is 4.79 Å². The largest absolute Gasteiger partial charge is 0.341 e. The van der Waals surface area contributed by atoms with E-state index in [1.807, 2.05) is 42.2 Å². The highest BCUT2D eigenvalue weighted by atomic mass is 16.2. The predicted molar refractivity (Wildman–Crippen MR) is 69.8 cm³/mol. The molecule has 18 heavy (non-hydrogen) atoms. The van der Waals surface area contributed by atoms with Crippen LogP contribution in [0.2, 0.25) is 0 Å². The third kappa shape index (κ3) is 2.70. The van der Waals surface area contributed by atoms with Gasteiger partial charge in [-0.05, 0) is 18.4 Å². The number of carbonyl (C=O) groups excluding carboxylic acids is 1. The first kappa shape index (κ1) is 12.6. The van der Waals surface area contributed by atoms with Gasteiger partial charge >= 0.3 is 0 Å². The molecule has 0 saturated carbocycles. The molecule has 1 aliphatic heterocycles. The molecule has 1 fully saturated rings. The zero-order valence-electron chi connectivity index (χ0n) is 10.7. The maximum absolute atomic E-state index is 12.0. The molecular weight excluding hydrogens is 224 g/mol. The highest BCUT2D eigenvalue weighted by Gasteiger charge is 2.27. The van der Waals surface area contributed by atoms with Gasteiger partial charge in [0.25, 0.3) is 0 Å². The number of rotatable bonds is 3. The standard InChI is InChI=1S/C15H18N2O/c1-12-6-5-9-17(15(12)18)11-14(10-16)13-7-3-2-4-8-13/h2-4,7-8,12,14H,5-6,9,11H2,1H3. The lowest BCUT2D eigenvalue weighted by Crippen LogP contribution is -2.42. The summed E-state index contributed by atoms with van der Waals surface area (Å²) in [5.41, 5.74) is 0.992. The Morgan fingerprint density at radius 3 is 2.83 bits per heavy atom. The summed E-state index contributed by atoms with van der Waals surface area (Å²) in [6, 6.07) is 12.0. The Morgan fingerprint density at radius 1 is 1.44 bits per heavy atom. The number of hydrogen-bond acceptors (Lipinski definition) is 2. The predicted octanol–water partition coefficient (Wildman–Crippen LogP) is 2.55. The van der Waals surface area contributed by atoms with Crippen molar-refractivity contribution in [2.24, 2.45) is 5.92 Å². The summed E-state index contributed by atoms with van der Waals surface area (Å²) < 4.78 is 0. The third-order valence-electron chi connectivity index (χ3n) is 3.56. The topological polar surface area (TPSA) is 44.1 Å². The first-order chi connectivity index (χ1) is 8.72. The first-order valence-corrected chi connectivity index (χ1v) is 6.45. The number of nitriles is 1. The number of nitrogens with zero attached hydrogens (tertiary/aromatic N) is 2. The van der Waals surface area contributed by atoms with E-state index in [9.17, 15) is 10.1 Å². The zero-order valence-corrected chi connectivity index (χ0v) is 10.7. The normalized spacial score (nSPS) is 21.4. The van der Waals surface area contributed by atoms with Crippen molar-refractivity contribution >= 4 is 5.91 Å². The van der Waals surface area contributed by atoms with Gasteiger partial charge in [-0.1, -0.05) is 37.3 Å². The molecule has 0 radical (unpaired) electrons. The van der Waals surface area contributed by atoms with Crippen molar-refractivity contribution < 1.29 is 4.79 Å². The van der Waals surface area contributed by atoms with Crippen LogP contribution in [0.3, 0.4) is 0 Å². The summed E-state index contributed by atoms with van der Waals surface area (Å²) in [6.45, 7) is 3.27. The minimum absolute atomic E-state index is 0.105. The quantitative estimate of drug-likeness (QED) is 0.817. The average molecular weight is 242 g/mol. The number of likely N-dealkylation sites (tertiary alicyclic amines) is 1. The lowest BCUT2D eigenvalue weighted by Gasteiger charge is -2.32. The number of carbonyl (C=O) groups is 1. The van der Waals surface area contributed by atoms with Crippen LogP contribution in [0.5, 0.6) is 0 Å². The molecule has 3 heteroatoms. The summed E-state index contributed by atoms with van der Waals surface area (Å²) in [5, 5.41) is 9.27. The van der Waals surface area contributed by atoms with Crippen LogP contribution in [0.1, 0.15) is 31.2 Å². The Morgan fingerprint density at radius 2 is 2.17 bits per heavy atom. The van der Waals surface area contributed by atoms with E-state index in [-0.39, 0.29) is 17.7 Å². The second-order valence-corrected chi connectivity index (χ2v) is 4.92. The van der Waals surface area contributed by atoms with E-state index in [0.29, 0.717) is 6.54 Å². The number of piperidine rings is 1. The van der Waals surface area contributed by atoms with Crippen LogP contribution >= 0.6 is 0 Å². The molecule has 1 aromatic carbocycles. The minimum Gasteiger partial charge on any atom is -0.341 e. The van der Waals surface area contributed by atoms with E-state index < -0.39 is 0 Å². The van der Waals surface area contributed by atoms with Gasteiger partial charge in [0.1, 0.15) is 0 Å². The Labute approximate surface area is 108 Å². The molecule has 2 unspecified atom stereocenters. The fourth-order valence-electron chi connectivity index (χ4n) is 2.44. The Hall–Kier alpha value is -1.82. The number of amides is 1. The van der Waals surface area contributed by atoms with Crippen LogP contribution in [0, 0.1) is 17.2 Å². The van der Waals surface area contributed by atoms with Crippen LogP contribution in [0.15, 0.2) is 30.3 Å². The van der Waals surface area contributed by atoms with Gasteiger partial charge in [-0.25, -0.2) is 0 Å². The van der Waals surface area contributed by atoms with Crippen molar-refractivity contribution in [1.29, 1.82) is 5.26 Å². The summed E-state index contributed by atoms with van der Waals surface area (Å²) in [6.07, 6.45) is 2.01. The lowest BCUT2D eigenvalue weighted by atomic mass is 9.95. The molecule has 0 N–H and O–H groups in total. The second kappa shape index (κ2) is 5.68. The van der Waals surface area contributed by atoms with Crippen molar-refractivity contribution in [3.05, 3.63) is 35.9 Å². The Balaban J connectivity index is 2.07. The van der Waals surface area contributed by atoms with E-state index in [1.54, 1.807) is 0 Å². The van der Waals surface area contributed by atoms with Crippen LogP contribution in [-0.4, -0.2) is 23.9 Å². The van der Waals surface area contributed by atoms with Crippen LogP contribution in [0.25, 0.3) is 0 Å². The Bertz CT molecular complexity index is 449. The highest BCUT2D eigenvalue weighted by molar-refractivity contribution is 5.79. The molecular formula is C15H18N2O. The van der Waals surface area contributed by atoms with E-state index >= 15 is 0 Å². The summed E-state index contributed by atoms with van der Waals surface area (Å²) in [5.74, 6) is 0.0757. The molecule has 3 nitrogen and oxygen atoms in total. The Kier molecular flexibility index (Phi) is 3.99. The molecule has 2 rings (SSSR count). The number of hydrogen-bond donors (Lipinski definition) is 0. The first-order valence-electron chi connectivity index (χ1n) is 6.45. The van der Waals surface area contributed by atoms with Crippen molar-refractivity contribution in [2.75, 3.05) is 13.1 Å². The molecule has 94 valence electrons. The fourth-order valence-corrected chi connectivity index (χ4v) is 2.44. The van der Waals surface area contributed by atoms with E-state index in [1.165, 1.54) is 0 Å². The highest BCUT2D eigenvalue weighted by Crippen LogP contribution is 2.22. The lowest BCUT2D eigenvalue weighted by molar-refractivity contribution is -0.137. The fraction of sp³-hybridized carbons (Fsp3) is 0.467. The molecule has 1 aliphatic rings. The average Bonchev–Trinajstić information content (AvgIpc) is 2.41. The molecule has 1 amide bonds. The van der Waals surface area contributed by atoms with E-state index in [0.717, 1.165) is 24.9 Å². The number of benzene rings is 1. The zero-order chi connectivity index (χ0) is 13.0. The van der Waals surface area contributed by atoms with Crippen LogP contribution < -0.4 is 0 Å². The van der Waals surface area contributed by atoms with Gasteiger partial charge in [0.15, 0.2) is 0 Å². The van der Waals surface area contributed by atoms with Crippen LogP contribution in [0.4, 0.5) is 0 Å². The molecule has 0 bridgehead atoms. The van der Waals surface area contributed by atoms with E-state index in [4.69, 9.17) is 0 Å². The molecule has 1 saturated heterocycles. The summed E-state index contributed by atoms with van der Waals surface area (Å²) in [4.78, 5) is 13.9. The summed E-state index contributed by atoms with van der Waals surface area (Å²) >= 11 is 0. The van der Waals surface area contributed by atoms with E-state index in [2.05, 4.69) is 6.07 Å². The summed E-state index contributed by atoms with van der Waals surface area (Å²) in [7, 11) is 0. The second-order valence-electron chi connectivity index (χ2n) is 4.92. The molecule has 1 aromatic rings. The van der Waals surface area contributed by atoms with Crippen molar-refractivity contribution in [2.45, 2.75) is 25.7 Å².